The van der Waals surface area contributed by atoms with Crippen molar-refractivity contribution in [1.29, 1.82) is 0 Å². The summed E-state index contributed by atoms with van der Waals surface area (Å²) in [6, 6.07) is 6.47. The van der Waals surface area contributed by atoms with Gasteiger partial charge in [0.2, 0.25) is 5.91 Å². The average Bonchev–Trinajstić information content (AvgIpc) is 3.07. The number of amides is 2. The molecule has 9 heteroatoms. The Labute approximate surface area is 146 Å². The van der Waals surface area contributed by atoms with Crippen LogP contribution in [0.3, 0.4) is 0 Å². The third-order valence-corrected chi connectivity index (χ3v) is 4.16. The quantitative estimate of drug-likeness (QED) is 0.849. The number of likely N-dealkylation sites (N-methyl/N-ethyl adjacent to an activating group) is 1. The van der Waals surface area contributed by atoms with Crippen LogP contribution in [0.1, 0.15) is 20.8 Å². The maximum Gasteiger partial charge on any atom is 0.416 e. The molecular weight excluding hydrogens is 355 g/mol. The molecular formula is C16H16F3N3O2S. The van der Waals surface area contributed by atoms with Gasteiger partial charge in [0.15, 0.2) is 0 Å². The Morgan fingerprint density at radius 3 is 2.56 bits per heavy atom. The SMILES string of the molecule is CN(CC(=O)Nc1cc(CN)cc(C(F)(F)F)c1)C(=O)c1cccs1. The predicted molar refractivity (Wildman–Crippen MR) is 89.2 cm³/mol. The van der Waals surface area contributed by atoms with Crippen molar-refractivity contribution >= 4 is 28.8 Å². The molecule has 0 saturated heterocycles. The van der Waals surface area contributed by atoms with Crippen LogP contribution in [0.15, 0.2) is 35.7 Å². The van der Waals surface area contributed by atoms with Crippen LogP contribution in [0, 0.1) is 0 Å². The molecule has 0 radical (unpaired) electrons. The standard InChI is InChI=1S/C16H16F3N3O2S/c1-22(15(24)13-3-2-4-25-13)9-14(23)21-12-6-10(8-20)5-11(7-12)16(17,18)19/h2-7H,8-9,20H2,1H3,(H,21,23). The van der Waals surface area contributed by atoms with E-state index in [4.69, 9.17) is 5.73 Å². The number of halogens is 3. The van der Waals surface area contributed by atoms with Crippen LogP contribution in [0.5, 0.6) is 0 Å². The highest BCUT2D eigenvalue weighted by Gasteiger charge is 2.31. The average molecular weight is 371 g/mol. The van der Waals surface area contributed by atoms with Crippen LogP contribution in [-0.2, 0) is 17.5 Å². The Morgan fingerprint density at radius 1 is 1.28 bits per heavy atom. The predicted octanol–water partition coefficient (Wildman–Crippen LogP) is 2.94. The van der Waals surface area contributed by atoms with Crippen LogP contribution >= 0.6 is 11.3 Å². The molecule has 2 aromatic rings. The summed E-state index contributed by atoms with van der Waals surface area (Å²) in [5.74, 6) is -0.938. The fourth-order valence-electron chi connectivity index (χ4n) is 2.12. The summed E-state index contributed by atoms with van der Waals surface area (Å²) in [5, 5.41) is 4.11. The van der Waals surface area contributed by atoms with Gasteiger partial charge in [-0.05, 0) is 35.2 Å². The lowest BCUT2D eigenvalue weighted by Gasteiger charge is -2.17. The summed E-state index contributed by atoms with van der Waals surface area (Å²) in [4.78, 5) is 25.8. The molecule has 134 valence electrons. The summed E-state index contributed by atoms with van der Waals surface area (Å²) in [5.41, 5.74) is 4.74. The molecule has 0 spiro atoms. The van der Waals surface area contributed by atoms with Crippen LogP contribution in [0.4, 0.5) is 18.9 Å². The number of rotatable bonds is 5. The zero-order valence-electron chi connectivity index (χ0n) is 13.3. The second-order valence-corrected chi connectivity index (χ2v) is 6.25. The minimum atomic E-state index is -4.55. The summed E-state index contributed by atoms with van der Waals surface area (Å²) >= 11 is 1.24. The largest absolute Gasteiger partial charge is 0.416 e. The number of nitrogens with two attached hydrogens (primary N) is 1. The van der Waals surface area contributed by atoms with Crippen LogP contribution in [0.25, 0.3) is 0 Å². The number of nitrogens with zero attached hydrogens (tertiary/aromatic N) is 1. The van der Waals surface area contributed by atoms with Crippen LogP contribution in [-0.4, -0.2) is 30.3 Å². The Hall–Kier alpha value is -2.39. The number of benzene rings is 1. The molecule has 1 aromatic heterocycles. The summed E-state index contributed by atoms with van der Waals surface area (Å²) in [6.07, 6.45) is -4.55. The number of nitrogens with one attached hydrogen (secondary N) is 1. The van der Waals surface area contributed by atoms with E-state index in [1.54, 1.807) is 17.5 Å². The molecule has 0 aliphatic heterocycles. The highest BCUT2D eigenvalue weighted by molar-refractivity contribution is 7.12. The van der Waals surface area contributed by atoms with Crippen LogP contribution < -0.4 is 11.1 Å². The summed E-state index contributed by atoms with van der Waals surface area (Å²) in [7, 11) is 1.44. The van der Waals surface area contributed by atoms with Gasteiger partial charge < -0.3 is 16.0 Å². The fourth-order valence-corrected chi connectivity index (χ4v) is 2.84. The molecule has 1 aromatic carbocycles. The van der Waals surface area contributed by atoms with Gasteiger partial charge in [0.25, 0.3) is 5.91 Å². The number of hydrogen-bond donors (Lipinski definition) is 2. The lowest BCUT2D eigenvalue weighted by atomic mass is 10.1. The second-order valence-electron chi connectivity index (χ2n) is 5.31. The number of anilines is 1. The molecule has 2 amide bonds. The van der Waals surface area contributed by atoms with E-state index in [2.05, 4.69) is 5.32 Å². The topological polar surface area (TPSA) is 75.4 Å². The van der Waals surface area contributed by atoms with Crippen LogP contribution in [0.2, 0.25) is 0 Å². The first-order valence-corrected chi connectivity index (χ1v) is 8.08. The zero-order chi connectivity index (χ0) is 18.6. The van der Waals surface area contributed by atoms with Gasteiger partial charge in [-0.15, -0.1) is 11.3 Å². The van der Waals surface area contributed by atoms with E-state index in [0.717, 1.165) is 12.1 Å². The summed E-state index contributed by atoms with van der Waals surface area (Å²) < 4.78 is 38.7. The maximum absolute atomic E-state index is 12.9. The molecule has 0 atom stereocenters. The number of alkyl halides is 3. The van der Waals surface area contributed by atoms with Gasteiger partial charge in [-0.25, -0.2) is 0 Å². The molecule has 0 bridgehead atoms. The van der Waals surface area contributed by atoms with E-state index in [-0.39, 0.29) is 30.2 Å². The number of carbonyl (C=O) groups is 2. The van der Waals surface area contributed by atoms with E-state index in [0.29, 0.717) is 4.88 Å². The molecule has 2 rings (SSSR count). The van der Waals surface area contributed by atoms with Gasteiger partial charge in [0.1, 0.15) is 0 Å². The van der Waals surface area contributed by atoms with Gasteiger partial charge in [0, 0.05) is 19.3 Å². The molecule has 3 N–H and O–H groups in total. The Kier molecular flexibility index (Phi) is 5.81. The van der Waals surface area contributed by atoms with Gasteiger partial charge in [-0.1, -0.05) is 6.07 Å². The van der Waals surface area contributed by atoms with E-state index in [1.807, 2.05) is 0 Å². The van der Waals surface area contributed by atoms with E-state index >= 15 is 0 Å². The molecule has 0 fully saturated rings. The smallest absolute Gasteiger partial charge is 0.332 e. The minimum absolute atomic E-state index is 0.0164. The highest BCUT2D eigenvalue weighted by Crippen LogP contribution is 2.32. The normalized spacial score (nSPS) is 11.2. The second kappa shape index (κ2) is 7.66. The van der Waals surface area contributed by atoms with Crippen molar-refractivity contribution in [2.75, 3.05) is 18.9 Å². The Morgan fingerprint density at radius 2 is 2.00 bits per heavy atom. The number of carbonyl (C=O) groups excluding carboxylic acids is 2. The molecule has 1 heterocycles. The maximum atomic E-state index is 12.9. The fraction of sp³-hybridized carbons (Fsp3) is 0.250. The number of hydrogen-bond acceptors (Lipinski definition) is 4. The highest BCUT2D eigenvalue weighted by atomic mass is 32.1. The van der Waals surface area contributed by atoms with Gasteiger partial charge in [-0.3, -0.25) is 9.59 Å². The zero-order valence-corrected chi connectivity index (χ0v) is 14.1. The first kappa shape index (κ1) is 18.9. The monoisotopic (exact) mass is 371 g/mol. The Balaban J connectivity index is 2.08. The van der Waals surface area contributed by atoms with Gasteiger partial charge >= 0.3 is 6.18 Å². The molecule has 5 nitrogen and oxygen atoms in total. The minimum Gasteiger partial charge on any atom is -0.332 e. The van der Waals surface area contributed by atoms with E-state index < -0.39 is 17.6 Å². The molecule has 0 aliphatic carbocycles. The summed E-state index contributed by atoms with van der Waals surface area (Å²) in [6.45, 7) is -0.380. The van der Waals surface area contributed by atoms with Crippen molar-refractivity contribution in [3.8, 4) is 0 Å². The third kappa shape index (κ3) is 5.04. The lowest BCUT2D eigenvalue weighted by molar-refractivity contribution is -0.137. The Bertz CT molecular complexity index is 760. The number of thiophene rings is 1. The van der Waals surface area contributed by atoms with Crippen molar-refractivity contribution in [1.82, 2.24) is 4.90 Å². The van der Waals surface area contributed by atoms with Gasteiger partial charge in [0.05, 0.1) is 17.0 Å². The van der Waals surface area contributed by atoms with Crippen molar-refractivity contribution < 1.29 is 22.8 Å². The van der Waals surface area contributed by atoms with Gasteiger partial charge in [-0.2, -0.15) is 13.2 Å². The van der Waals surface area contributed by atoms with E-state index in [1.165, 1.54) is 29.4 Å². The van der Waals surface area contributed by atoms with Crippen molar-refractivity contribution in [3.05, 3.63) is 51.7 Å². The van der Waals surface area contributed by atoms with Crippen molar-refractivity contribution in [2.45, 2.75) is 12.7 Å². The first-order valence-electron chi connectivity index (χ1n) is 7.20. The molecule has 0 saturated carbocycles. The third-order valence-electron chi connectivity index (χ3n) is 3.30. The van der Waals surface area contributed by atoms with Crippen molar-refractivity contribution in [3.63, 3.8) is 0 Å². The van der Waals surface area contributed by atoms with Crippen molar-refractivity contribution in [2.24, 2.45) is 5.73 Å². The van der Waals surface area contributed by atoms with E-state index in [9.17, 15) is 22.8 Å². The molecule has 0 aliphatic rings. The molecule has 25 heavy (non-hydrogen) atoms. The molecule has 0 unspecified atom stereocenters. The lowest BCUT2D eigenvalue weighted by Crippen LogP contribution is -2.34. The first-order chi connectivity index (χ1) is 11.7.